The molecule has 0 radical (unpaired) electrons. The Bertz CT molecular complexity index is 658. The number of benzene rings is 2. The van der Waals surface area contributed by atoms with Crippen molar-refractivity contribution in [1.82, 2.24) is 0 Å². The smallest absolute Gasteiger partial charge is 0.242 e. The van der Waals surface area contributed by atoms with Crippen LogP contribution in [0.3, 0.4) is 0 Å². The first-order chi connectivity index (χ1) is 10.5. The molecule has 0 spiro atoms. The Morgan fingerprint density at radius 3 is 2.32 bits per heavy atom. The SMILES string of the molecule is CC(C(=O)N(C)c1ccccc1)S(=O)Cc1ccc(F)cc1. The summed E-state index contributed by atoms with van der Waals surface area (Å²) in [5, 5.41) is -0.629. The molecule has 2 unspecified atom stereocenters. The fourth-order valence-corrected chi connectivity index (χ4v) is 3.19. The predicted molar refractivity (Wildman–Crippen MR) is 87.6 cm³/mol. The number of carbonyl (C=O) groups is 1. The standard InChI is InChI=1S/C17H18FNO2S/c1-13(17(20)19(2)16-6-4-3-5-7-16)22(21)12-14-8-10-15(18)11-9-14/h3-11,13H,12H2,1-2H3. The van der Waals surface area contributed by atoms with Crippen molar-refractivity contribution in [2.75, 3.05) is 11.9 Å². The summed E-state index contributed by atoms with van der Waals surface area (Å²) in [6.07, 6.45) is 0. The Hall–Kier alpha value is -2.01. The molecule has 0 heterocycles. The minimum atomic E-state index is -1.36. The van der Waals surface area contributed by atoms with Crippen LogP contribution in [0.25, 0.3) is 0 Å². The number of hydrogen-bond acceptors (Lipinski definition) is 2. The van der Waals surface area contributed by atoms with Crippen molar-refractivity contribution < 1.29 is 13.4 Å². The second-order valence-electron chi connectivity index (χ2n) is 5.03. The minimum absolute atomic E-state index is 0.202. The molecule has 5 heteroatoms. The first-order valence-corrected chi connectivity index (χ1v) is 8.31. The average Bonchev–Trinajstić information content (AvgIpc) is 2.55. The number of carbonyl (C=O) groups excluding carboxylic acids is 1. The van der Waals surface area contributed by atoms with E-state index in [1.54, 1.807) is 26.1 Å². The highest BCUT2D eigenvalue weighted by atomic mass is 32.2. The molecule has 2 rings (SSSR count). The van der Waals surface area contributed by atoms with E-state index in [1.807, 2.05) is 30.3 Å². The largest absolute Gasteiger partial charge is 0.314 e. The fourth-order valence-electron chi connectivity index (χ4n) is 2.03. The summed E-state index contributed by atoms with van der Waals surface area (Å²) in [6.45, 7) is 1.65. The summed E-state index contributed by atoms with van der Waals surface area (Å²) in [7, 11) is 0.309. The molecule has 2 aromatic rings. The van der Waals surface area contributed by atoms with E-state index >= 15 is 0 Å². The highest BCUT2D eigenvalue weighted by molar-refractivity contribution is 7.85. The second-order valence-corrected chi connectivity index (χ2v) is 6.78. The molecule has 1 amide bonds. The molecule has 0 aromatic heterocycles. The molecule has 0 fully saturated rings. The van der Waals surface area contributed by atoms with Gasteiger partial charge in [0.05, 0.1) is 0 Å². The molecule has 0 N–H and O–H groups in total. The van der Waals surface area contributed by atoms with Crippen molar-refractivity contribution in [3.8, 4) is 0 Å². The molecule has 2 atom stereocenters. The molecular formula is C17H18FNO2S. The van der Waals surface area contributed by atoms with E-state index in [1.165, 1.54) is 17.0 Å². The Morgan fingerprint density at radius 2 is 1.73 bits per heavy atom. The quantitative estimate of drug-likeness (QED) is 0.849. The topological polar surface area (TPSA) is 37.4 Å². The van der Waals surface area contributed by atoms with E-state index < -0.39 is 16.0 Å². The van der Waals surface area contributed by atoms with Gasteiger partial charge in [-0.05, 0) is 36.8 Å². The van der Waals surface area contributed by atoms with E-state index in [9.17, 15) is 13.4 Å². The normalized spacial score (nSPS) is 13.4. The van der Waals surface area contributed by atoms with Crippen LogP contribution in [0.5, 0.6) is 0 Å². The van der Waals surface area contributed by atoms with Crippen molar-refractivity contribution >= 4 is 22.4 Å². The van der Waals surface area contributed by atoms with E-state index in [-0.39, 0.29) is 17.5 Å². The summed E-state index contributed by atoms with van der Waals surface area (Å²) in [4.78, 5) is 13.9. The maximum atomic E-state index is 12.9. The molecule has 0 aliphatic heterocycles. The van der Waals surface area contributed by atoms with E-state index in [4.69, 9.17) is 0 Å². The van der Waals surface area contributed by atoms with Gasteiger partial charge in [0.25, 0.3) is 0 Å². The van der Waals surface area contributed by atoms with Gasteiger partial charge in [-0.1, -0.05) is 30.3 Å². The van der Waals surface area contributed by atoms with Gasteiger partial charge < -0.3 is 4.90 Å². The molecule has 0 saturated heterocycles. The van der Waals surface area contributed by atoms with Gasteiger partial charge in [0.2, 0.25) is 5.91 Å². The molecule has 22 heavy (non-hydrogen) atoms. The lowest BCUT2D eigenvalue weighted by Crippen LogP contribution is -2.37. The van der Waals surface area contributed by atoms with Gasteiger partial charge in [0.15, 0.2) is 0 Å². The van der Waals surface area contributed by atoms with E-state index in [0.717, 1.165) is 11.3 Å². The average molecular weight is 319 g/mol. The van der Waals surface area contributed by atoms with Crippen LogP contribution in [-0.2, 0) is 21.3 Å². The van der Waals surface area contributed by atoms with Crippen molar-refractivity contribution in [3.05, 3.63) is 66.0 Å². The van der Waals surface area contributed by atoms with Crippen LogP contribution >= 0.6 is 0 Å². The van der Waals surface area contributed by atoms with Crippen molar-refractivity contribution in [2.24, 2.45) is 0 Å². The van der Waals surface area contributed by atoms with Gasteiger partial charge in [0, 0.05) is 29.3 Å². The lowest BCUT2D eigenvalue weighted by atomic mass is 10.2. The molecule has 0 aliphatic rings. The highest BCUT2D eigenvalue weighted by Crippen LogP contribution is 2.15. The fraction of sp³-hybridized carbons (Fsp3) is 0.235. The van der Waals surface area contributed by atoms with Crippen molar-refractivity contribution in [3.63, 3.8) is 0 Å². The summed E-state index contributed by atoms with van der Waals surface area (Å²) < 4.78 is 25.2. The first kappa shape index (κ1) is 16.4. The molecule has 116 valence electrons. The van der Waals surface area contributed by atoms with Crippen LogP contribution in [-0.4, -0.2) is 22.4 Å². The summed E-state index contributed by atoms with van der Waals surface area (Å²) in [5.74, 6) is -0.301. The number of rotatable bonds is 5. The van der Waals surface area contributed by atoms with Gasteiger partial charge in [0.1, 0.15) is 11.1 Å². The summed E-state index contributed by atoms with van der Waals surface area (Å²) in [6, 6.07) is 15.1. The number of amides is 1. The van der Waals surface area contributed by atoms with Crippen LogP contribution in [0.15, 0.2) is 54.6 Å². The summed E-state index contributed by atoms with van der Waals surface area (Å²) in [5.41, 5.74) is 1.51. The first-order valence-electron chi connectivity index (χ1n) is 6.93. The van der Waals surface area contributed by atoms with Crippen LogP contribution < -0.4 is 4.90 Å². The zero-order chi connectivity index (χ0) is 16.1. The van der Waals surface area contributed by atoms with Crippen molar-refractivity contribution in [2.45, 2.75) is 17.9 Å². The predicted octanol–water partition coefficient (Wildman–Crippen LogP) is 3.13. The zero-order valence-electron chi connectivity index (χ0n) is 12.5. The van der Waals surface area contributed by atoms with Crippen molar-refractivity contribution in [1.29, 1.82) is 0 Å². The van der Waals surface area contributed by atoms with Crippen LogP contribution in [0.2, 0.25) is 0 Å². The van der Waals surface area contributed by atoms with Crippen LogP contribution in [0, 0.1) is 5.82 Å². The number of para-hydroxylation sites is 1. The van der Waals surface area contributed by atoms with Gasteiger partial charge in [-0.15, -0.1) is 0 Å². The number of anilines is 1. The zero-order valence-corrected chi connectivity index (χ0v) is 13.3. The highest BCUT2D eigenvalue weighted by Gasteiger charge is 2.24. The number of nitrogens with zero attached hydrogens (tertiary/aromatic N) is 1. The number of halogens is 1. The molecule has 3 nitrogen and oxygen atoms in total. The second kappa shape index (κ2) is 7.31. The monoisotopic (exact) mass is 319 g/mol. The van der Waals surface area contributed by atoms with Gasteiger partial charge in [-0.25, -0.2) is 4.39 Å². The Kier molecular flexibility index (Phi) is 5.44. The maximum absolute atomic E-state index is 12.9. The Labute approximate surface area is 132 Å². The molecular weight excluding hydrogens is 301 g/mol. The van der Waals surface area contributed by atoms with Gasteiger partial charge in [-0.2, -0.15) is 0 Å². The Balaban J connectivity index is 2.03. The summed E-state index contributed by atoms with van der Waals surface area (Å²) >= 11 is 0. The number of hydrogen-bond donors (Lipinski definition) is 0. The maximum Gasteiger partial charge on any atom is 0.242 e. The molecule has 2 aromatic carbocycles. The van der Waals surface area contributed by atoms with E-state index in [2.05, 4.69) is 0 Å². The van der Waals surface area contributed by atoms with Crippen LogP contribution in [0.4, 0.5) is 10.1 Å². The lowest BCUT2D eigenvalue weighted by molar-refractivity contribution is -0.117. The van der Waals surface area contributed by atoms with E-state index in [0.29, 0.717) is 0 Å². The minimum Gasteiger partial charge on any atom is -0.314 e. The molecule has 0 aliphatic carbocycles. The lowest BCUT2D eigenvalue weighted by Gasteiger charge is -2.21. The molecule has 0 bridgehead atoms. The third kappa shape index (κ3) is 4.01. The molecule has 0 saturated carbocycles. The van der Waals surface area contributed by atoms with Crippen LogP contribution in [0.1, 0.15) is 12.5 Å². The van der Waals surface area contributed by atoms with Gasteiger partial charge >= 0.3 is 0 Å². The Morgan fingerprint density at radius 1 is 1.14 bits per heavy atom. The third-order valence-corrected chi connectivity index (χ3v) is 5.05. The third-order valence-electron chi connectivity index (χ3n) is 3.44. The van der Waals surface area contributed by atoms with Gasteiger partial charge in [-0.3, -0.25) is 9.00 Å².